The van der Waals surface area contributed by atoms with Gasteiger partial charge in [0.2, 0.25) is 0 Å². The predicted octanol–water partition coefficient (Wildman–Crippen LogP) is 3.16. The second-order valence-corrected chi connectivity index (χ2v) is 8.46. The van der Waals surface area contributed by atoms with Gasteiger partial charge in [-0.2, -0.15) is 0 Å². The molecule has 1 aromatic rings. The second kappa shape index (κ2) is 8.39. The van der Waals surface area contributed by atoms with Crippen LogP contribution < -0.4 is 0 Å². The smallest absolute Gasteiger partial charge is 0.410 e. The molecule has 2 fully saturated rings. The minimum absolute atomic E-state index is 0.0591. The third kappa shape index (κ3) is 4.58. The highest BCUT2D eigenvalue weighted by atomic mass is 16.6. The van der Waals surface area contributed by atoms with Crippen molar-refractivity contribution in [2.45, 2.75) is 70.4 Å². The van der Waals surface area contributed by atoms with Crippen LogP contribution in [0.3, 0.4) is 0 Å². The number of hydrogen-bond acceptors (Lipinski definition) is 5. The molecular weight excluding hydrogens is 360 g/mol. The van der Waals surface area contributed by atoms with Crippen LogP contribution in [0.5, 0.6) is 0 Å². The van der Waals surface area contributed by atoms with E-state index in [4.69, 9.17) is 9.47 Å². The first-order valence-corrected chi connectivity index (χ1v) is 9.89. The molecule has 2 saturated heterocycles. The number of piperazine rings is 1. The van der Waals surface area contributed by atoms with Crippen molar-refractivity contribution < 1.29 is 24.2 Å². The summed E-state index contributed by atoms with van der Waals surface area (Å²) in [6.07, 6.45) is 1.26. The number of ether oxygens (including phenoxy) is 2. The summed E-state index contributed by atoms with van der Waals surface area (Å²) in [5.74, 6) is 0. The maximum absolute atomic E-state index is 12.8. The van der Waals surface area contributed by atoms with Crippen molar-refractivity contribution in [3.05, 3.63) is 35.9 Å². The minimum Gasteiger partial charge on any atom is -0.445 e. The van der Waals surface area contributed by atoms with E-state index in [2.05, 4.69) is 0 Å². The largest absolute Gasteiger partial charge is 0.445 e. The number of benzene rings is 1. The number of carbonyl (C=O) groups is 2. The number of fused-ring (bicyclic) bond motifs is 2. The van der Waals surface area contributed by atoms with Crippen LogP contribution in [0.15, 0.2) is 30.3 Å². The van der Waals surface area contributed by atoms with E-state index in [9.17, 15) is 14.7 Å². The van der Waals surface area contributed by atoms with Crippen LogP contribution in [0, 0.1) is 0 Å². The van der Waals surface area contributed by atoms with Gasteiger partial charge < -0.3 is 19.5 Å². The van der Waals surface area contributed by atoms with Crippen molar-refractivity contribution in [1.29, 1.82) is 0 Å². The third-order valence-electron chi connectivity index (χ3n) is 5.27. The van der Waals surface area contributed by atoms with Gasteiger partial charge in [0.15, 0.2) is 0 Å². The molecule has 0 saturated carbocycles. The Morgan fingerprint density at radius 2 is 1.86 bits per heavy atom. The van der Waals surface area contributed by atoms with Crippen LogP contribution in [0.25, 0.3) is 0 Å². The van der Waals surface area contributed by atoms with E-state index in [-0.39, 0.29) is 37.4 Å². The molecule has 1 N–H and O–H groups in total. The van der Waals surface area contributed by atoms with E-state index in [1.807, 2.05) is 51.1 Å². The van der Waals surface area contributed by atoms with Crippen LogP contribution in [-0.4, -0.2) is 64.0 Å². The van der Waals surface area contributed by atoms with Gasteiger partial charge in [-0.1, -0.05) is 30.3 Å². The molecular formula is C21H30N2O5. The summed E-state index contributed by atoms with van der Waals surface area (Å²) in [6.45, 7) is 6.07. The summed E-state index contributed by atoms with van der Waals surface area (Å²) < 4.78 is 11.1. The van der Waals surface area contributed by atoms with E-state index in [1.54, 1.807) is 9.80 Å². The summed E-state index contributed by atoms with van der Waals surface area (Å²) in [7, 11) is 0. The highest BCUT2D eigenvalue weighted by Gasteiger charge is 2.51. The number of hydrogen-bond donors (Lipinski definition) is 1. The normalized spacial score (nSPS) is 24.2. The van der Waals surface area contributed by atoms with Crippen LogP contribution in [-0.2, 0) is 16.1 Å². The molecule has 1 aromatic carbocycles. The average molecular weight is 390 g/mol. The zero-order valence-electron chi connectivity index (χ0n) is 16.8. The van der Waals surface area contributed by atoms with E-state index in [1.165, 1.54) is 0 Å². The summed E-state index contributed by atoms with van der Waals surface area (Å²) >= 11 is 0. The van der Waals surface area contributed by atoms with Gasteiger partial charge in [-0.05, 0) is 45.6 Å². The van der Waals surface area contributed by atoms with Gasteiger partial charge in [-0.25, -0.2) is 9.59 Å². The number of aliphatic hydroxyl groups excluding tert-OH is 1. The van der Waals surface area contributed by atoms with Crippen LogP contribution in [0.1, 0.15) is 45.6 Å². The molecule has 2 aliphatic rings. The number of likely N-dealkylation sites (tertiary alicyclic amines) is 1. The molecule has 0 aliphatic carbocycles. The molecule has 0 aromatic heterocycles. The molecule has 154 valence electrons. The summed E-state index contributed by atoms with van der Waals surface area (Å²) in [5.41, 5.74) is 0.347. The van der Waals surface area contributed by atoms with Crippen molar-refractivity contribution >= 4 is 12.2 Å². The van der Waals surface area contributed by atoms with Crippen molar-refractivity contribution in [3.63, 3.8) is 0 Å². The zero-order valence-corrected chi connectivity index (χ0v) is 16.8. The number of amides is 2. The number of aliphatic hydroxyl groups is 1. The summed E-state index contributed by atoms with van der Waals surface area (Å²) in [4.78, 5) is 28.9. The predicted molar refractivity (Wildman–Crippen MR) is 104 cm³/mol. The topological polar surface area (TPSA) is 79.3 Å². The Balaban J connectivity index is 1.70. The molecule has 7 heteroatoms. The maximum Gasteiger partial charge on any atom is 0.410 e. The lowest BCUT2D eigenvalue weighted by Crippen LogP contribution is -2.63. The van der Waals surface area contributed by atoms with E-state index in [0.29, 0.717) is 13.0 Å². The fraction of sp³-hybridized carbons (Fsp3) is 0.619. The van der Waals surface area contributed by atoms with E-state index in [0.717, 1.165) is 18.4 Å². The number of carbonyl (C=O) groups excluding carboxylic acids is 2. The SMILES string of the molecule is CC(C)(C)OC(=O)N1[C@@H]2CC[C@H]1[C@@H](CCO)N(C(=O)OCc1ccccc1)C2. The maximum atomic E-state index is 12.8. The molecule has 0 radical (unpaired) electrons. The second-order valence-electron chi connectivity index (χ2n) is 8.46. The molecule has 28 heavy (non-hydrogen) atoms. The van der Waals surface area contributed by atoms with Crippen LogP contribution in [0.2, 0.25) is 0 Å². The molecule has 2 bridgehead atoms. The lowest BCUT2D eigenvalue weighted by atomic mass is 10.0. The van der Waals surface area contributed by atoms with Gasteiger partial charge in [-0.15, -0.1) is 0 Å². The first-order valence-electron chi connectivity index (χ1n) is 9.89. The van der Waals surface area contributed by atoms with Crippen molar-refractivity contribution in [2.24, 2.45) is 0 Å². The Bertz CT molecular complexity index is 688. The van der Waals surface area contributed by atoms with Crippen molar-refractivity contribution in [2.75, 3.05) is 13.2 Å². The summed E-state index contributed by atoms with van der Waals surface area (Å²) in [6, 6.07) is 9.00. The Labute approximate surface area is 166 Å². The Morgan fingerprint density at radius 1 is 1.14 bits per heavy atom. The molecule has 2 aliphatic heterocycles. The number of rotatable bonds is 4. The van der Waals surface area contributed by atoms with Crippen LogP contribution in [0.4, 0.5) is 9.59 Å². The molecule has 2 heterocycles. The van der Waals surface area contributed by atoms with Crippen molar-refractivity contribution in [3.8, 4) is 0 Å². The summed E-state index contributed by atoms with van der Waals surface area (Å²) in [5, 5.41) is 9.55. The Morgan fingerprint density at radius 3 is 2.50 bits per heavy atom. The Kier molecular flexibility index (Phi) is 6.13. The van der Waals surface area contributed by atoms with E-state index < -0.39 is 11.7 Å². The minimum atomic E-state index is -0.575. The molecule has 3 rings (SSSR count). The quantitative estimate of drug-likeness (QED) is 0.854. The monoisotopic (exact) mass is 390 g/mol. The molecule has 3 atom stereocenters. The lowest BCUT2D eigenvalue weighted by molar-refractivity contribution is -0.0267. The average Bonchev–Trinajstić information content (AvgIpc) is 2.97. The van der Waals surface area contributed by atoms with Gasteiger partial charge in [-0.3, -0.25) is 4.90 Å². The van der Waals surface area contributed by atoms with Gasteiger partial charge in [0, 0.05) is 13.2 Å². The van der Waals surface area contributed by atoms with Gasteiger partial charge in [0.25, 0.3) is 0 Å². The third-order valence-corrected chi connectivity index (χ3v) is 5.27. The molecule has 2 amide bonds. The van der Waals surface area contributed by atoms with Gasteiger partial charge in [0.1, 0.15) is 12.2 Å². The standard InChI is InChI=1S/C21H30N2O5/c1-21(2,3)28-20(26)23-16-9-10-18(23)17(11-12-24)22(13-16)19(25)27-14-15-7-5-4-6-8-15/h4-8,16-18,24H,9-14H2,1-3H3/t16-,17-,18+/m1/s1. The van der Waals surface area contributed by atoms with Gasteiger partial charge >= 0.3 is 12.2 Å². The molecule has 0 spiro atoms. The van der Waals surface area contributed by atoms with Crippen molar-refractivity contribution in [1.82, 2.24) is 9.80 Å². The lowest BCUT2D eigenvalue weighted by Gasteiger charge is -2.46. The fourth-order valence-corrected chi connectivity index (χ4v) is 4.13. The molecule has 0 unspecified atom stereocenters. The zero-order chi connectivity index (χ0) is 20.3. The first kappa shape index (κ1) is 20.5. The highest BCUT2D eigenvalue weighted by molar-refractivity contribution is 5.72. The Hall–Kier alpha value is -2.28. The molecule has 7 nitrogen and oxygen atoms in total. The van der Waals surface area contributed by atoms with Crippen LogP contribution >= 0.6 is 0 Å². The highest BCUT2D eigenvalue weighted by Crippen LogP contribution is 2.37. The fourth-order valence-electron chi connectivity index (χ4n) is 4.13. The van der Waals surface area contributed by atoms with E-state index >= 15 is 0 Å². The first-order chi connectivity index (χ1) is 13.3. The number of nitrogens with zero attached hydrogens (tertiary/aromatic N) is 2. The van der Waals surface area contributed by atoms with Gasteiger partial charge in [0.05, 0.1) is 18.1 Å².